The molecule has 0 atom stereocenters. The Morgan fingerprint density at radius 2 is 1.71 bits per heavy atom. The zero-order chi connectivity index (χ0) is 23.9. The SMILES string of the molecule is C=C(CCc1ccc(C)cc1)N(CCCCN1CCc2ccccc2C1)C1=CCCC(C)=C1C. The summed E-state index contributed by atoms with van der Waals surface area (Å²) < 4.78 is 0. The van der Waals surface area contributed by atoms with Crippen LogP contribution in [0.3, 0.4) is 0 Å². The second-order valence-electron chi connectivity index (χ2n) is 10.2. The van der Waals surface area contributed by atoms with Crippen molar-refractivity contribution in [2.24, 2.45) is 0 Å². The van der Waals surface area contributed by atoms with Gasteiger partial charge in [0.05, 0.1) is 0 Å². The Balaban J connectivity index is 1.34. The lowest BCUT2D eigenvalue weighted by Gasteiger charge is -2.33. The predicted octanol–water partition coefficient (Wildman–Crippen LogP) is 7.60. The fourth-order valence-corrected chi connectivity index (χ4v) is 5.27. The average Bonchev–Trinajstić information content (AvgIpc) is 2.85. The van der Waals surface area contributed by atoms with Crippen LogP contribution >= 0.6 is 0 Å². The molecule has 0 bridgehead atoms. The molecule has 0 amide bonds. The molecule has 2 nitrogen and oxygen atoms in total. The number of unbranched alkanes of at least 4 members (excludes halogenated alkanes) is 1. The summed E-state index contributed by atoms with van der Waals surface area (Å²) in [6.45, 7) is 15.9. The summed E-state index contributed by atoms with van der Waals surface area (Å²) in [4.78, 5) is 5.17. The molecule has 1 heterocycles. The van der Waals surface area contributed by atoms with E-state index >= 15 is 0 Å². The first-order valence-corrected chi connectivity index (χ1v) is 13.2. The van der Waals surface area contributed by atoms with Crippen LogP contribution < -0.4 is 0 Å². The normalized spacial score (nSPS) is 16.3. The van der Waals surface area contributed by atoms with Crippen molar-refractivity contribution >= 4 is 0 Å². The van der Waals surface area contributed by atoms with Crippen LogP contribution in [0.1, 0.15) is 68.2 Å². The summed E-state index contributed by atoms with van der Waals surface area (Å²) in [5.74, 6) is 0. The van der Waals surface area contributed by atoms with Crippen LogP contribution in [0.2, 0.25) is 0 Å². The highest BCUT2D eigenvalue weighted by molar-refractivity contribution is 5.37. The van der Waals surface area contributed by atoms with E-state index in [1.165, 1.54) is 83.6 Å². The van der Waals surface area contributed by atoms with Gasteiger partial charge in [-0.05, 0) is 94.5 Å². The van der Waals surface area contributed by atoms with Crippen LogP contribution in [0.15, 0.2) is 83.7 Å². The van der Waals surface area contributed by atoms with Crippen molar-refractivity contribution in [3.05, 3.63) is 106 Å². The fraction of sp³-hybridized carbons (Fsp3) is 0.438. The number of aryl methyl sites for hydroxylation is 2. The molecule has 34 heavy (non-hydrogen) atoms. The summed E-state index contributed by atoms with van der Waals surface area (Å²) in [5, 5.41) is 0. The summed E-state index contributed by atoms with van der Waals surface area (Å²) in [5.41, 5.74) is 11.4. The summed E-state index contributed by atoms with van der Waals surface area (Å²) >= 11 is 0. The molecule has 2 aromatic rings. The molecule has 2 aromatic carbocycles. The summed E-state index contributed by atoms with van der Waals surface area (Å²) in [7, 11) is 0. The van der Waals surface area contributed by atoms with Crippen molar-refractivity contribution < 1.29 is 0 Å². The minimum absolute atomic E-state index is 1.01. The van der Waals surface area contributed by atoms with Crippen LogP contribution in [-0.2, 0) is 19.4 Å². The number of fused-ring (bicyclic) bond motifs is 1. The van der Waals surface area contributed by atoms with Crippen LogP contribution in [-0.4, -0.2) is 29.4 Å². The fourth-order valence-electron chi connectivity index (χ4n) is 5.27. The minimum atomic E-state index is 1.01. The lowest BCUT2D eigenvalue weighted by molar-refractivity contribution is 0.244. The van der Waals surface area contributed by atoms with Crippen LogP contribution in [0.5, 0.6) is 0 Å². The van der Waals surface area contributed by atoms with E-state index in [2.05, 4.69) is 91.8 Å². The molecule has 0 unspecified atom stereocenters. The number of benzene rings is 2. The van der Waals surface area contributed by atoms with Crippen molar-refractivity contribution in [2.75, 3.05) is 19.6 Å². The Morgan fingerprint density at radius 3 is 2.50 bits per heavy atom. The zero-order valence-electron chi connectivity index (χ0n) is 21.6. The third-order valence-electron chi connectivity index (χ3n) is 7.69. The Labute approximate surface area is 207 Å². The first-order valence-electron chi connectivity index (χ1n) is 13.2. The molecule has 2 aliphatic rings. The molecule has 1 aliphatic heterocycles. The average molecular weight is 455 g/mol. The van der Waals surface area contributed by atoms with Crippen molar-refractivity contribution in [3.63, 3.8) is 0 Å². The molecule has 0 radical (unpaired) electrons. The van der Waals surface area contributed by atoms with E-state index in [1.807, 2.05) is 0 Å². The Hall–Kier alpha value is -2.58. The number of nitrogens with zero attached hydrogens (tertiary/aromatic N) is 2. The predicted molar refractivity (Wildman–Crippen MR) is 146 cm³/mol. The topological polar surface area (TPSA) is 6.48 Å². The molecule has 0 spiro atoms. The van der Waals surface area contributed by atoms with E-state index in [-0.39, 0.29) is 0 Å². The van der Waals surface area contributed by atoms with Crippen molar-refractivity contribution in [1.82, 2.24) is 9.80 Å². The Bertz CT molecular complexity index is 1040. The van der Waals surface area contributed by atoms with E-state index in [9.17, 15) is 0 Å². The zero-order valence-corrected chi connectivity index (χ0v) is 21.6. The highest BCUT2D eigenvalue weighted by Crippen LogP contribution is 2.31. The standard InChI is InChI=1S/C32H42N2/c1-25-14-17-29(18-15-25)19-16-27(3)34(32-13-9-10-26(2)28(32)4)22-8-7-21-33-23-20-30-11-5-6-12-31(30)24-33/h5-6,11-15,17-18H,3,7-10,16,19-24H2,1-2,4H3. The molecule has 4 rings (SSSR count). The number of rotatable bonds is 10. The van der Waals surface area contributed by atoms with Gasteiger partial charge in [-0.1, -0.05) is 72.3 Å². The van der Waals surface area contributed by atoms with E-state index in [0.717, 1.165) is 32.4 Å². The van der Waals surface area contributed by atoms with Gasteiger partial charge >= 0.3 is 0 Å². The maximum absolute atomic E-state index is 4.57. The number of hydrogen-bond acceptors (Lipinski definition) is 2. The van der Waals surface area contributed by atoms with Crippen molar-refractivity contribution in [2.45, 2.75) is 72.3 Å². The van der Waals surface area contributed by atoms with Gasteiger partial charge in [0.15, 0.2) is 0 Å². The van der Waals surface area contributed by atoms with E-state index in [0.29, 0.717) is 0 Å². The van der Waals surface area contributed by atoms with Gasteiger partial charge in [0.1, 0.15) is 0 Å². The highest BCUT2D eigenvalue weighted by Gasteiger charge is 2.19. The highest BCUT2D eigenvalue weighted by atomic mass is 15.2. The molecule has 0 saturated carbocycles. The van der Waals surface area contributed by atoms with E-state index < -0.39 is 0 Å². The van der Waals surface area contributed by atoms with Gasteiger partial charge in [0.25, 0.3) is 0 Å². The molecular formula is C32H42N2. The Kier molecular flexibility index (Phi) is 8.45. The first kappa shape index (κ1) is 24.5. The molecule has 1 aliphatic carbocycles. The lowest BCUT2D eigenvalue weighted by atomic mass is 9.95. The van der Waals surface area contributed by atoms with Crippen LogP contribution in [0, 0.1) is 6.92 Å². The molecule has 0 saturated heterocycles. The van der Waals surface area contributed by atoms with Crippen molar-refractivity contribution in [3.8, 4) is 0 Å². The smallest absolute Gasteiger partial charge is 0.0396 e. The molecule has 0 fully saturated rings. The van der Waals surface area contributed by atoms with Gasteiger partial charge < -0.3 is 4.90 Å². The van der Waals surface area contributed by atoms with Crippen molar-refractivity contribution in [1.29, 1.82) is 0 Å². The van der Waals surface area contributed by atoms with Gasteiger partial charge in [-0.15, -0.1) is 0 Å². The second-order valence-corrected chi connectivity index (χ2v) is 10.2. The van der Waals surface area contributed by atoms with Gasteiger partial charge in [0.2, 0.25) is 0 Å². The first-order chi connectivity index (χ1) is 16.5. The summed E-state index contributed by atoms with van der Waals surface area (Å²) in [6, 6.07) is 17.9. The minimum Gasteiger partial charge on any atom is -0.346 e. The van der Waals surface area contributed by atoms with E-state index in [1.54, 1.807) is 0 Å². The molecule has 0 aromatic heterocycles. The Morgan fingerprint density at radius 1 is 0.941 bits per heavy atom. The number of allylic oxidation sites excluding steroid dienone is 4. The third-order valence-corrected chi connectivity index (χ3v) is 7.69. The summed E-state index contributed by atoms with van der Waals surface area (Å²) in [6.07, 6.45) is 10.5. The van der Waals surface area contributed by atoms with Gasteiger partial charge in [-0.25, -0.2) is 0 Å². The second kappa shape index (κ2) is 11.7. The molecule has 2 heteroatoms. The molecule has 0 N–H and O–H groups in total. The van der Waals surface area contributed by atoms with Gasteiger partial charge in [-0.3, -0.25) is 4.90 Å². The monoisotopic (exact) mass is 454 g/mol. The quantitative estimate of drug-likeness (QED) is 0.341. The van der Waals surface area contributed by atoms with Crippen LogP contribution in [0.25, 0.3) is 0 Å². The van der Waals surface area contributed by atoms with Gasteiger partial charge in [0, 0.05) is 31.0 Å². The van der Waals surface area contributed by atoms with Gasteiger partial charge in [-0.2, -0.15) is 0 Å². The lowest BCUT2D eigenvalue weighted by Crippen LogP contribution is -2.32. The van der Waals surface area contributed by atoms with Crippen LogP contribution in [0.4, 0.5) is 0 Å². The number of hydrogen-bond donors (Lipinski definition) is 0. The molecule has 180 valence electrons. The maximum atomic E-state index is 4.57. The largest absolute Gasteiger partial charge is 0.346 e. The van der Waals surface area contributed by atoms with E-state index in [4.69, 9.17) is 0 Å². The maximum Gasteiger partial charge on any atom is 0.0396 e. The third kappa shape index (κ3) is 6.30. The molecular weight excluding hydrogens is 412 g/mol.